The molecule has 0 radical (unpaired) electrons. The van der Waals surface area contributed by atoms with Gasteiger partial charge in [-0.1, -0.05) is 28.1 Å². The minimum atomic E-state index is 0.0534. The van der Waals surface area contributed by atoms with Crippen molar-refractivity contribution >= 4 is 21.6 Å². The van der Waals surface area contributed by atoms with Crippen LogP contribution >= 0.6 is 15.9 Å². The number of nitrogens with zero attached hydrogens (tertiary/aromatic N) is 1. The van der Waals surface area contributed by atoms with Crippen molar-refractivity contribution in [2.24, 2.45) is 5.73 Å². The highest BCUT2D eigenvalue weighted by atomic mass is 79.9. The lowest BCUT2D eigenvalue weighted by Gasteiger charge is -2.13. The number of nitrogen functional groups attached to an aromatic ring is 1. The van der Waals surface area contributed by atoms with Crippen LogP contribution in [-0.2, 0) is 12.8 Å². The van der Waals surface area contributed by atoms with Gasteiger partial charge in [0.05, 0.1) is 0 Å². The molecule has 94 valence electrons. The number of nitrogens with two attached hydrogens (primary N) is 2. The molecule has 4 heteroatoms. The zero-order chi connectivity index (χ0) is 13.0. The molecule has 0 bridgehead atoms. The normalized spacial score (nSPS) is 12.3. The summed E-state index contributed by atoms with van der Waals surface area (Å²) >= 11 is 3.42. The molecule has 0 spiro atoms. The first-order valence-corrected chi connectivity index (χ1v) is 6.63. The molecular formula is C14H16BrN3. The molecule has 2 rings (SSSR count). The fourth-order valence-corrected chi connectivity index (χ4v) is 2.15. The molecule has 0 amide bonds. The van der Waals surface area contributed by atoms with Crippen LogP contribution in [-0.4, -0.2) is 11.0 Å². The Balaban J connectivity index is 1.99. The molecule has 1 atom stereocenters. The fraction of sp³-hybridized carbons (Fsp3) is 0.214. The van der Waals surface area contributed by atoms with Crippen LogP contribution in [0.1, 0.15) is 11.1 Å². The van der Waals surface area contributed by atoms with Crippen LogP contribution in [0.25, 0.3) is 0 Å². The second-order valence-corrected chi connectivity index (χ2v) is 5.28. The highest BCUT2D eigenvalue weighted by Crippen LogP contribution is 2.15. The maximum absolute atomic E-state index is 6.15. The van der Waals surface area contributed by atoms with E-state index in [9.17, 15) is 0 Å². The van der Waals surface area contributed by atoms with Crippen LogP contribution in [0.3, 0.4) is 0 Å². The average molecular weight is 306 g/mol. The summed E-state index contributed by atoms with van der Waals surface area (Å²) in [7, 11) is 0. The van der Waals surface area contributed by atoms with Gasteiger partial charge in [0.15, 0.2) is 0 Å². The zero-order valence-corrected chi connectivity index (χ0v) is 11.6. The minimum absolute atomic E-state index is 0.0534. The number of benzene rings is 1. The van der Waals surface area contributed by atoms with Gasteiger partial charge in [0.25, 0.3) is 0 Å². The van der Waals surface area contributed by atoms with E-state index in [1.165, 1.54) is 5.56 Å². The molecule has 0 aliphatic carbocycles. The monoisotopic (exact) mass is 305 g/mol. The number of aromatic nitrogens is 1. The standard InChI is InChI=1S/C14H16BrN3/c15-12-3-1-10(2-4-12)7-13(16)8-11-9-18-6-5-14(11)17/h1-6,9,13H,7-8,16H2,(H2,17,18). The van der Waals surface area contributed by atoms with Crippen molar-refractivity contribution < 1.29 is 0 Å². The van der Waals surface area contributed by atoms with Crippen LogP contribution in [0, 0.1) is 0 Å². The summed E-state index contributed by atoms with van der Waals surface area (Å²) in [5.74, 6) is 0. The lowest BCUT2D eigenvalue weighted by Crippen LogP contribution is -2.26. The zero-order valence-electron chi connectivity index (χ0n) is 10.0. The van der Waals surface area contributed by atoms with Crippen molar-refractivity contribution in [3.05, 3.63) is 58.3 Å². The van der Waals surface area contributed by atoms with Crippen molar-refractivity contribution in [3.63, 3.8) is 0 Å². The van der Waals surface area contributed by atoms with E-state index in [1.807, 2.05) is 18.2 Å². The first kappa shape index (κ1) is 13.1. The van der Waals surface area contributed by atoms with Gasteiger partial charge >= 0.3 is 0 Å². The Morgan fingerprint density at radius 2 is 1.83 bits per heavy atom. The summed E-state index contributed by atoms with van der Waals surface area (Å²) in [4.78, 5) is 4.08. The van der Waals surface area contributed by atoms with Gasteiger partial charge in [0, 0.05) is 28.6 Å². The van der Waals surface area contributed by atoms with Crippen LogP contribution in [0.15, 0.2) is 47.2 Å². The van der Waals surface area contributed by atoms with Gasteiger partial charge in [0.1, 0.15) is 0 Å². The second kappa shape index (κ2) is 5.98. The molecule has 1 unspecified atom stereocenters. The Bertz CT molecular complexity index is 511. The first-order chi connectivity index (χ1) is 8.65. The molecule has 4 N–H and O–H groups in total. The number of pyridine rings is 1. The molecule has 1 aromatic carbocycles. The largest absolute Gasteiger partial charge is 0.398 e. The van der Waals surface area contributed by atoms with E-state index in [2.05, 4.69) is 33.0 Å². The third kappa shape index (κ3) is 3.55. The number of hydrogen-bond donors (Lipinski definition) is 2. The molecule has 0 saturated carbocycles. The van der Waals surface area contributed by atoms with Crippen LogP contribution in [0.5, 0.6) is 0 Å². The van der Waals surface area contributed by atoms with Crippen LogP contribution in [0.4, 0.5) is 5.69 Å². The fourth-order valence-electron chi connectivity index (χ4n) is 1.89. The topological polar surface area (TPSA) is 64.9 Å². The van der Waals surface area contributed by atoms with Gasteiger partial charge in [-0.25, -0.2) is 0 Å². The molecule has 0 saturated heterocycles. The van der Waals surface area contributed by atoms with Crippen molar-refractivity contribution in [3.8, 4) is 0 Å². The van der Waals surface area contributed by atoms with E-state index in [-0.39, 0.29) is 6.04 Å². The molecular weight excluding hydrogens is 290 g/mol. The van der Waals surface area contributed by atoms with E-state index < -0.39 is 0 Å². The number of halogens is 1. The van der Waals surface area contributed by atoms with Gasteiger partial charge in [-0.2, -0.15) is 0 Å². The molecule has 0 aliphatic heterocycles. The third-order valence-electron chi connectivity index (χ3n) is 2.83. The highest BCUT2D eigenvalue weighted by molar-refractivity contribution is 9.10. The minimum Gasteiger partial charge on any atom is -0.398 e. The second-order valence-electron chi connectivity index (χ2n) is 4.37. The summed E-state index contributed by atoms with van der Waals surface area (Å²) in [6.07, 6.45) is 5.06. The van der Waals surface area contributed by atoms with E-state index in [0.29, 0.717) is 0 Å². The molecule has 2 aromatic rings. The molecule has 0 aliphatic rings. The number of hydrogen-bond acceptors (Lipinski definition) is 3. The third-order valence-corrected chi connectivity index (χ3v) is 3.36. The summed E-state index contributed by atoms with van der Waals surface area (Å²) < 4.78 is 1.08. The van der Waals surface area contributed by atoms with Crippen LogP contribution < -0.4 is 11.5 Å². The summed E-state index contributed by atoms with van der Waals surface area (Å²) in [6, 6.07) is 10.1. The summed E-state index contributed by atoms with van der Waals surface area (Å²) in [6.45, 7) is 0. The van der Waals surface area contributed by atoms with Gasteiger partial charge in [-0.15, -0.1) is 0 Å². The van der Waals surface area contributed by atoms with Gasteiger partial charge < -0.3 is 11.5 Å². The Morgan fingerprint density at radius 1 is 1.11 bits per heavy atom. The Hall–Kier alpha value is -1.39. The Morgan fingerprint density at radius 3 is 2.50 bits per heavy atom. The lowest BCUT2D eigenvalue weighted by molar-refractivity contribution is 0.664. The summed E-state index contributed by atoms with van der Waals surface area (Å²) in [5, 5.41) is 0. The average Bonchev–Trinajstić information content (AvgIpc) is 2.35. The number of anilines is 1. The predicted octanol–water partition coefficient (Wildman–Crippen LogP) is 2.54. The van der Waals surface area contributed by atoms with E-state index in [1.54, 1.807) is 12.4 Å². The quantitative estimate of drug-likeness (QED) is 0.912. The van der Waals surface area contributed by atoms with Crippen molar-refractivity contribution in [2.75, 3.05) is 5.73 Å². The highest BCUT2D eigenvalue weighted by Gasteiger charge is 2.08. The summed E-state index contributed by atoms with van der Waals surface area (Å²) in [5.41, 5.74) is 15.0. The van der Waals surface area contributed by atoms with Crippen molar-refractivity contribution in [1.82, 2.24) is 4.98 Å². The molecule has 18 heavy (non-hydrogen) atoms. The van der Waals surface area contributed by atoms with Gasteiger partial charge in [-0.3, -0.25) is 4.98 Å². The molecule has 1 aromatic heterocycles. The molecule has 1 heterocycles. The van der Waals surface area contributed by atoms with Crippen molar-refractivity contribution in [1.29, 1.82) is 0 Å². The van der Waals surface area contributed by atoms with E-state index in [0.717, 1.165) is 28.6 Å². The smallest absolute Gasteiger partial charge is 0.0378 e. The Labute approximate surface area is 115 Å². The van der Waals surface area contributed by atoms with Gasteiger partial charge in [0.2, 0.25) is 0 Å². The SMILES string of the molecule is Nc1ccncc1CC(N)Cc1ccc(Br)cc1. The van der Waals surface area contributed by atoms with E-state index >= 15 is 0 Å². The molecule has 3 nitrogen and oxygen atoms in total. The predicted molar refractivity (Wildman–Crippen MR) is 78.2 cm³/mol. The lowest BCUT2D eigenvalue weighted by atomic mass is 10.00. The first-order valence-electron chi connectivity index (χ1n) is 5.83. The number of rotatable bonds is 4. The van der Waals surface area contributed by atoms with Gasteiger partial charge in [-0.05, 0) is 42.2 Å². The van der Waals surface area contributed by atoms with Crippen molar-refractivity contribution in [2.45, 2.75) is 18.9 Å². The van der Waals surface area contributed by atoms with Crippen LogP contribution in [0.2, 0.25) is 0 Å². The molecule has 0 fully saturated rings. The maximum atomic E-state index is 6.15. The Kier molecular flexibility index (Phi) is 4.33. The van der Waals surface area contributed by atoms with E-state index in [4.69, 9.17) is 11.5 Å². The maximum Gasteiger partial charge on any atom is 0.0378 e.